The molecule has 4 heteroatoms. The number of carbonyl (C=O) groups is 1. The van der Waals surface area contributed by atoms with E-state index >= 15 is 0 Å². The first-order valence-electron chi connectivity index (χ1n) is 11.2. The number of nitrogens with one attached hydrogen (secondary N) is 1. The Morgan fingerprint density at radius 1 is 1.15 bits per heavy atom. The van der Waals surface area contributed by atoms with Crippen molar-refractivity contribution >= 4 is 5.91 Å². The highest BCUT2D eigenvalue weighted by molar-refractivity contribution is 5.79. The van der Waals surface area contributed by atoms with Gasteiger partial charge in [0.25, 0.3) is 0 Å². The Bertz CT molecular complexity index is 549. The second-order valence-electron chi connectivity index (χ2n) is 8.67. The molecule has 0 bridgehead atoms. The molecule has 1 N–H and O–H groups in total. The molecule has 0 radical (unpaired) electrons. The van der Waals surface area contributed by atoms with Crippen molar-refractivity contribution in [3.8, 4) is 0 Å². The lowest BCUT2D eigenvalue weighted by Gasteiger charge is -2.37. The second-order valence-corrected chi connectivity index (χ2v) is 8.67. The summed E-state index contributed by atoms with van der Waals surface area (Å²) in [6.07, 6.45) is 14.6. The summed E-state index contributed by atoms with van der Waals surface area (Å²) < 4.78 is 5.63. The first kappa shape index (κ1) is 20.4. The summed E-state index contributed by atoms with van der Waals surface area (Å²) in [5.41, 5.74) is 1.24. The third-order valence-electron chi connectivity index (χ3n) is 6.51. The topological polar surface area (TPSA) is 41.6 Å². The molecule has 1 saturated carbocycles. The molecule has 0 spiro atoms. The molecule has 1 amide bonds. The van der Waals surface area contributed by atoms with Crippen molar-refractivity contribution in [3.63, 3.8) is 0 Å². The molecule has 1 heterocycles. The Morgan fingerprint density at radius 2 is 1.93 bits per heavy atom. The third-order valence-corrected chi connectivity index (χ3v) is 6.51. The SMILES string of the molecule is CCOC1=CC=C(CC(=O)NC2CCCC[C@H]2CN2CCCCC2)C(C)C1. The fourth-order valence-electron chi connectivity index (χ4n) is 4.92. The number of allylic oxidation sites excluding steroid dienone is 3. The van der Waals surface area contributed by atoms with Crippen LogP contribution >= 0.6 is 0 Å². The number of rotatable bonds is 7. The highest BCUT2D eigenvalue weighted by Crippen LogP contribution is 2.29. The Kier molecular flexibility index (Phi) is 7.81. The molecule has 4 nitrogen and oxygen atoms in total. The molecule has 2 unspecified atom stereocenters. The number of likely N-dealkylation sites (tertiary alicyclic amines) is 1. The predicted molar refractivity (Wildman–Crippen MR) is 110 cm³/mol. The van der Waals surface area contributed by atoms with Crippen LogP contribution in [0.2, 0.25) is 0 Å². The highest BCUT2D eigenvalue weighted by atomic mass is 16.5. The fourth-order valence-corrected chi connectivity index (χ4v) is 4.92. The van der Waals surface area contributed by atoms with Crippen LogP contribution in [0.1, 0.15) is 71.6 Å². The van der Waals surface area contributed by atoms with Gasteiger partial charge in [-0.3, -0.25) is 4.79 Å². The molecule has 1 saturated heterocycles. The minimum Gasteiger partial charge on any atom is -0.498 e. The summed E-state index contributed by atoms with van der Waals surface area (Å²) in [7, 11) is 0. The summed E-state index contributed by atoms with van der Waals surface area (Å²) >= 11 is 0. The summed E-state index contributed by atoms with van der Waals surface area (Å²) in [5, 5.41) is 3.40. The lowest BCUT2D eigenvalue weighted by molar-refractivity contribution is -0.122. The van der Waals surface area contributed by atoms with Crippen molar-refractivity contribution in [2.24, 2.45) is 11.8 Å². The number of nitrogens with zero attached hydrogens (tertiary/aromatic N) is 1. The van der Waals surface area contributed by atoms with E-state index in [2.05, 4.69) is 23.2 Å². The Labute approximate surface area is 165 Å². The first-order valence-corrected chi connectivity index (χ1v) is 11.2. The predicted octanol–water partition coefficient (Wildman–Crippen LogP) is 4.42. The van der Waals surface area contributed by atoms with Gasteiger partial charge in [0, 0.05) is 25.4 Å². The minimum absolute atomic E-state index is 0.205. The van der Waals surface area contributed by atoms with E-state index in [4.69, 9.17) is 4.74 Å². The standard InChI is InChI=1S/C23H38N2O2/c1-3-27-21-12-11-19(18(2)15-21)16-23(26)24-22-10-6-5-9-20(22)17-25-13-7-4-8-14-25/h11-12,18,20,22H,3-10,13-17H2,1-2H3,(H,24,26)/t18?,20-,22?/m0/s1. The average molecular weight is 375 g/mol. The van der Waals surface area contributed by atoms with E-state index in [0.29, 0.717) is 30.9 Å². The van der Waals surface area contributed by atoms with Crippen LogP contribution < -0.4 is 5.32 Å². The molecule has 3 rings (SSSR count). The smallest absolute Gasteiger partial charge is 0.224 e. The quantitative estimate of drug-likeness (QED) is 0.717. The molecule has 2 aliphatic carbocycles. The molecule has 1 aliphatic heterocycles. The summed E-state index contributed by atoms with van der Waals surface area (Å²) in [5.74, 6) is 2.26. The Balaban J connectivity index is 1.52. The number of piperidine rings is 1. The monoisotopic (exact) mass is 374 g/mol. The largest absolute Gasteiger partial charge is 0.498 e. The maximum absolute atomic E-state index is 12.8. The molecule has 0 aromatic rings. The van der Waals surface area contributed by atoms with Gasteiger partial charge in [-0.2, -0.15) is 0 Å². The fraction of sp³-hybridized carbons (Fsp3) is 0.783. The Morgan fingerprint density at radius 3 is 2.67 bits per heavy atom. The zero-order valence-corrected chi connectivity index (χ0v) is 17.3. The van der Waals surface area contributed by atoms with Crippen LogP contribution in [-0.2, 0) is 9.53 Å². The Hall–Kier alpha value is -1.29. The van der Waals surface area contributed by atoms with Crippen LogP contribution in [-0.4, -0.2) is 43.1 Å². The van der Waals surface area contributed by atoms with Crippen molar-refractivity contribution in [2.75, 3.05) is 26.2 Å². The van der Waals surface area contributed by atoms with Crippen LogP contribution in [0.5, 0.6) is 0 Å². The molecule has 3 atom stereocenters. The molecule has 27 heavy (non-hydrogen) atoms. The van der Waals surface area contributed by atoms with Crippen molar-refractivity contribution in [3.05, 3.63) is 23.5 Å². The van der Waals surface area contributed by atoms with Gasteiger partial charge in [-0.1, -0.05) is 37.8 Å². The average Bonchev–Trinajstić information content (AvgIpc) is 2.67. The normalized spacial score (nSPS) is 29.6. The van der Waals surface area contributed by atoms with Crippen LogP contribution in [0.3, 0.4) is 0 Å². The van der Waals surface area contributed by atoms with E-state index in [1.807, 2.05) is 13.0 Å². The van der Waals surface area contributed by atoms with E-state index < -0.39 is 0 Å². The van der Waals surface area contributed by atoms with Crippen LogP contribution in [0.15, 0.2) is 23.5 Å². The molecular formula is C23H38N2O2. The van der Waals surface area contributed by atoms with Gasteiger partial charge in [-0.05, 0) is 63.6 Å². The molecule has 0 aromatic heterocycles. The van der Waals surface area contributed by atoms with Crippen molar-refractivity contribution < 1.29 is 9.53 Å². The van der Waals surface area contributed by atoms with E-state index in [1.165, 1.54) is 63.7 Å². The first-order chi connectivity index (χ1) is 13.2. The van der Waals surface area contributed by atoms with Crippen LogP contribution in [0.25, 0.3) is 0 Å². The molecular weight excluding hydrogens is 336 g/mol. The van der Waals surface area contributed by atoms with Gasteiger partial charge in [0.15, 0.2) is 0 Å². The molecule has 0 aromatic carbocycles. The summed E-state index contributed by atoms with van der Waals surface area (Å²) in [6.45, 7) is 8.59. The van der Waals surface area contributed by atoms with Gasteiger partial charge >= 0.3 is 0 Å². The van der Waals surface area contributed by atoms with E-state index in [1.54, 1.807) is 0 Å². The minimum atomic E-state index is 0.205. The van der Waals surface area contributed by atoms with Gasteiger partial charge in [0.05, 0.1) is 12.4 Å². The summed E-state index contributed by atoms with van der Waals surface area (Å²) in [4.78, 5) is 15.4. The van der Waals surface area contributed by atoms with Gasteiger partial charge < -0.3 is 15.0 Å². The summed E-state index contributed by atoms with van der Waals surface area (Å²) in [6, 6.07) is 0.363. The third kappa shape index (κ3) is 6.10. The number of ether oxygens (including phenoxy) is 1. The molecule has 2 fully saturated rings. The second kappa shape index (κ2) is 10.3. The van der Waals surface area contributed by atoms with E-state index in [-0.39, 0.29) is 5.91 Å². The van der Waals surface area contributed by atoms with Gasteiger partial charge in [0.1, 0.15) is 0 Å². The van der Waals surface area contributed by atoms with Crippen LogP contribution in [0, 0.1) is 11.8 Å². The van der Waals surface area contributed by atoms with E-state index in [0.717, 1.165) is 18.6 Å². The zero-order valence-electron chi connectivity index (χ0n) is 17.3. The van der Waals surface area contributed by atoms with Gasteiger partial charge in [0.2, 0.25) is 5.91 Å². The van der Waals surface area contributed by atoms with Crippen molar-refractivity contribution in [1.82, 2.24) is 10.2 Å². The highest BCUT2D eigenvalue weighted by Gasteiger charge is 2.29. The lowest BCUT2D eigenvalue weighted by Crippen LogP contribution is -2.47. The zero-order chi connectivity index (χ0) is 19.1. The lowest BCUT2D eigenvalue weighted by atomic mass is 9.83. The number of hydrogen-bond donors (Lipinski definition) is 1. The molecule has 3 aliphatic rings. The van der Waals surface area contributed by atoms with E-state index in [9.17, 15) is 4.79 Å². The number of amides is 1. The van der Waals surface area contributed by atoms with Gasteiger partial charge in [-0.15, -0.1) is 0 Å². The number of carbonyl (C=O) groups excluding carboxylic acids is 1. The number of hydrogen-bond acceptors (Lipinski definition) is 3. The molecule has 152 valence electrons. The van der Waals surface area contributed by atoms with Crippen molar-refractivity contribution in [1.29, 1.82) is 0 Å². The van der Waals surface area contributed by atoms with Crippen molar-refractivity contribution in [2.45, 2.75) is 77.7 Å². The maximum Gasteiger partial charge on any atom is 0.224 e. The van der Waals surface area contributed by atoms with Crippen LogP contribution in [0.4, 0.5) is 0 Å². The van der Waals surface area contributed by atoms with Gasteiger partial charge in [-0.25, -0.2) is 0 Å². The maximum atomic E-state index is 12.8.